The standard InChI is InChI=1S/C12H21NO3.C10H18O5.C7H16N2O2.C2H8N2.CH4/c1-9(2)10(14)7-6-8-13-11(15)16-12(3,4)5;1-9(2,3)14-7(11)13-8(12)15-10(4,5)6;1-7(2,3)11-6(10)9-5-4-8;3-1-2-4;/h1,6-8H2,2-5H3,(H,13,15);1-6H3;4-5,8H2,1-3H3,(H,9,10);1-4H2;1H4. The van der Waals surface area contributed by atoms with Crippen molar-refractivity contribution in [1.82, 2.24) is 10.6 Å². The van der Waals surface area contributed by atoms with Gasteiger partial charge in [-0.2, -0.15) is 0 Å². The highest BCUT2D eigenvalue weighted by molar-refractivity contribution is 5.94. The smallest absolute Gasteiger partial charge is 0.444 e. The molecule has 0 fully saturated rings. The molecule has 0 radical (unpaired) electrons. The lowest BCUT2D eigenvalue weighted by molar-refractivity contribution is -0.115. The average Bonchev–Trinajstić information content (AvgIpc) is 2.81. The van der Waals surface area contributed by atoms with E-state index in [0.717, 1.165) is 0 Å². The summed E-state index contributed by atoms with van der Waals surface area (Å²) in [5.41, 5.74) is 13.2. The first kappa shape index (κ1) is 53.1. The average molecular weight is 682 g/mol. The molecule has 15 nitrogen and oxygen atoms in total. The van der Waals surface area contributed by atoms with Crippen molar-refractivity contribution in [2.45, 2.75) is 133 Å². The van der Waals surface area contributed by atoms with Gasteiger partial charge >= 0.3 is 24.5 Å². The topological polar surface area (TPSA) is 234 Å². The second-order valence-corrected chi connectivity index (χ2v) is 13.6. The largest absolute Gasteiger partial charge is 0.519 e. The molecule has 47 heavy (non-hydrogen) atoms. The molecule has 0 bridgehead atoms. The van der Waals surface area contributed by atoms with Gasteiger partial charge < -0.3 is 51.5 Å². The number of carbonyl (C=O) groups is 5. The second-order valence-electron chi connectivity index (χ2n) is 13.6. The predicted molar refractivity (Wildman–Crippen MR) is 185 cm³/mol. The molecular formula is C32H67N5O10. The fourth-order valence-corrected chi connectivity index (χ4v) is 2.07. The number of allylic oxidation sites excluding steroid dienone is 1. The molecule has 0 saturated heterocycles. The summed E-state index contributed by atoms with van der Waals surface area (Å²) in [5, 5.41) is 5.09. The van der Waals surface area contributed by atoms with Gasteiger partial charge in [-0.3, -0.25) is 4.79 Å². The Morgan fingerprint density at radius 1 is 0.574 bits per heavy atom. The number of alkyl carbamates (subject to hydrolysis) is 2. The van der Waals surface area contributed by atoms with Crippen LogP contribution in [0.1, 0.15) is 110 Å². The highest BCUT2D eigenvalue weighted by Gasteiger charge is 2.24. The van der Waals surface area contributed by atoms with Crippen LogP contribution in [0.3, 0.4) is 0 Å². The number of nitrogens with two attached hydrogens (primary N) is 3. The van der Waals surface area contributed by atoms with Crippen LogP contribution in [-0.2, 0) is 28.5 Å². The van der Waals surface area contributed by atoms with Crippen molar-refractivity contribution in [2.75, 3.05) is 32.7 Å². The number of hydrogen-bond donors (Lipinski definition) is 5. The Kier molecular flexibility index (Phi) is 30.1. The van der Waals surface area contributed by atoms with E-state index >= 15 is 0 Å². The number of hydrogen-bond acceptors (Lipinski definition) is 13. The first-order chi connectivity index (χ1) is 20.6. The van der Waals surface area contributed by atoms with Crippen molar-refractivity contribution in [3.8, 4) is 0 Å². The molecule has 0 aromatic heterocycles. The van der Waals surface area contributed by atoms with Crippen molar-refractivity contribution in [3.05, 3.63) is 12.2 Å². The van der Waals surface area contributed by atoms with Gasteiger partial charge in [-0.1, -0.05) is 14.0 Å². The number of nitrogens with one attached hydrogen (secondary N) is 2. The molecule has 0 aromatic rings. The highest BCUT2D eigenvalue weighted by atomic mass is 16.8. The molecule has 0 atom stereocenters. The quantitative estimate of drug-likeness (QED) is 0.0718. The second kappa shape index (κ2) is 26.6. The van der Waals surface area contributed by atoms with Gasteiger partial charge in [0.05, 0.1) is 0 Å². The molecule has 0 aromatic carbocycles. The van der Waals surface area contributed by atoms with Crippen LogP contribution in [0.5, 0.6) is 0 Å². The van der Waals surface area contributed by atoms with Gasteiger partial charge in [0.1, 0.15) is 22.4 Å². The number of carbonyl (C=O) groups excluding carboxylic acids is 5. The van der Waals surface area contributed by atoms with Gasteiger partial charge in [0.25, 0.3) is 0 Å². The molecule has 0 saturated carbocycles. The zero-order chi connectivity index (χ0) is 37.4. The van der Waals surface area contributed by atoms with Crippen molar-refractivity contribution in [1.29, 1.82) is 0 Å². The van der Waals surface area contributed by atoms with E-state index in [1.165, 1.54) is 0 Å². The zero-order valence-corrected chi connectivity index (χ0v) is 30.5. The summed E-state index contributed by atoms with van der Waals surface area (Å²) in [6.45, 7) is 28.6. The van der Waals surface area contributed by atoms with Gasteiger partial charge in [0, 0.05) is 39.1 Å². The molecule has 8 N–H and O–H groups in total. The Morgan fingerprint density at radius 3 is 1.15 bits per heavy atom. The molecule has 280 valence electrons. The summed E-state index contributed by atoms with van der Waals surface area (Å²) in [6, 6.07) is 0. The summed E-state index contributed by atoms with van der Waals surface area (Å²) >= 11 is 0. The molecule has 0 spiro atoms. The Labute approximate surface area is 283 Å². The number of amides is 2. The van der Waals surface area contributed by atoms with Gasteiger partial charge in [0.15, 0.2) is 5.78 Å². The van der Waals surface area contributed by atoms with Crippen LogP contribution >= 0.6 is 0 Å². The van der Waals surface area contributed by atoms with Gasteiger partial charge in [0.2, 0.25) is 0 Å². The Bertz CT molecular complexity index is 885. The highest BCUT2D eigenvalue weighted by Crippen LogP contribution is 2.12. The van der Waals surface area contributed by atoms with Gasteiger partial charge in [-0.05, 0) is 102 Å². The van der Waals surface area contributed by atoms with Crippen LogP contribution in [0.4, 0.5) is 19.2 Å². The van der Waals surface area contributed by atoms with Crippen LogP contribution in [0, 0.1) is 0 Å². The van der Waals surface area contributed by atoms with Crippen molar-refractivity contribution in [3.63, 3.8) is 0 Å². The normalized spacial score (nSPS) is 10.6. The summed E-state index contributed by atoms with van der Waals surface area (Å²) in [5.74, 6) is 0.0333. The molecule has 0 unspecified atom stereocenters. The number of ketones is 1. The third-order valence-corrected chi connectivity index (χ3v) is 3.65. The summed E-state index contributed by atoms with van der Waals surface area (Å²) < 4.78 is 23.8. The lowest BCUT2D eigenvalue weighted by Gasteiger charge is -2.20. The maximum absolute atomic E-state index is 11.2. The van der Waals surface area contributed by atoms with E-state index in [0.29, 0.717) is 51.1 Å². The number of rotatable bonds is 8. The van der Waals surface area contributed by atoms with Gasteiger partial charge in [-0.25, -0.2) is 19.2 Å². The third-order valence-electron chi connectivity index (χ3n) is 3.65. The van der Waals surface area contributed by atoms with Crippen molar-refractivity contribution in [2.24, 2.45) is 17.2 Å². The van der Waals surface area contributed by atoms with Crippen LogP contribution in [0.15, 0.2) is 12.2 Å². The summed E-state index contributed by atoms with van der Waals surface area (Å²) in [7, 11) is 0. The third kappa shape index (κ3) is 52.4. The zero-order valence-electron chi connectivity index (χ0n) is 30.5. The van der Waals surface area contributed by atoms with Crippen LogP contribution in [0.25, 0.3) is 0 Å². The fraction of sp³-hybridized carbons (Fsp3) is 0.781. The van der Waals surface area contributed by atoms with Crippen LogP contribution in [0.2, 0.25) is 0 Å². The minimum atomic E-state index is -1.06. The van der Waals surface area contributed by atoms with Crippen molar-refractivity contribution >= 4 is 30.3 Å². The minimum Gasteiger partial charge on any atom is -0.444 e. The van der Waals surface area contributed by atoms with Gasteiger partial charge in [-0.15, -0.1) is 0 Å². The molecule has 0 aliphatic carbocycles. The van der Waals surface area contributed by atoms with E-state index in [1.807, 2.05) is 20.8 Å². The lowest BCUT2D eigenvalue weighted by atomic mass is 10.1. The van der Waals surface area contributed by atoms with E-state index < -0.39 is 46.9 Å². The fourth-order valence-electron chi connectivity index (χ4n) is 2.07. The molecule has 0 aliphatic rings. The van der Waals surface area contributed by atoms with E-state index in [9.17, 15) is 24.0 Å². The van der Waals surface area contributed by atoms with E-state index in [1.54, 1.807) is 69.2 Å². The molecule has 2 amide bonds. The SMILES string of the molecule is C.C=C(C)C(=O)CCCNC(=O)OC(C)(C)C.CC(C)(C)OC(=O)NCCN.CC(C)(C)OC(=O)OC(=O)OC(C)(C)C.NCCN. The van der Waals surface area contributed by atoms with E-state index in [2.05, 4.69) is 21.9 Å². The minimum absolute atomic E-state index is 0. The first-order valence-electron chi connectivity index (χ1n) is 15.0. The Balaban J connectivity index is -0.000000178. The molecular weight excluding hydrogens is 614 g/mol. The maximum atomic E-state index is 11.2. The summed E-state index contributed by atoms with van der Waals surface area (Å²) in [6.07, 6.45) is -1.97. The molecule has 0 aliphatic heterocycles. The van der Waals surface area contributed by atoms with E-state index in [4.69, 9.17) is 36.1 Å². The maximum Gasteiger partial charge on any atom is 0.519 e. The van der Waals surface area contributed by atoms with Crippen molar-refractivity contribution < 1.29 is 47.7 Å². The Morgan fingerprint density at radius 2 is 0.894 bits per heavy atom. The number of Topliss-reactive ketones (excluding diaryl/α,β-unsaturated/α-hetero) is 1. The number of ether oxygens (including phenoxy) is 5. The summed E-state index contributed by atoms with van der Waals surface area (Å²) in [4.78, 5) is 55.2. The molecule has 15 heteroatoms. The van der Waals surface area contributed by atoms with Crippen LogP contribution < -0.4 is 27.8 Å². The first-order valence-corrected chi connectivity index (χ1v) is 15.0. The van der Waals surface area contributed by atoms with E-state index in [-0.39, 0.29) is 13.2 Å². The monoisotopic (exact) mass is 681 g/mol. The molecule has 0 rings (SSSR count). The molecule has 0 heterocycles. The lowest BCUT2D eigenvalue weighted by Crippen LogP contribution is -2.35. The predicted octanol–water partition coefficient (Wildman–Crippen LogP) is 5.32. The Hall–Kier alpha value is -3.43. The van der Waals surface area contributed by atoms with Crippen LogP contribution in [-0.4, -0.2) is 85.4 Å².